The number of rotatable bonds is 7. The topological polar surface area (TPSA) is 66.9 Å². The van der Waals surface area contributed by atoms with E-state index in [1.165, 1.54) is 16.4 Å². The number of halogens is 4. The fourth-order valence-electron chi connectivity index (χ4n) is 4.44. The molecule has 0 N–H and O–H groups in total. The van der Waals surface area contributed by atoms with E-state index in [-0.39, 0.29) is 23.1 Å². The van der Waals surface area contributed by atoms with E-state index in [4.69, 9.17) is 4.74 Å². The first-order valence-corrected chi connectivity index (χ1v) is 12.9. The van der Waals surface area contributed by atoms with Gasteiger partial charge in [-0.15, -0.1) is 0 Å². The van der Waals surface area contributed by atoms with Gasteiger partial charge in [0.05, 0.1) is 22.6 Å². The Bertz CT molecular complexity index is 1190. The van der Waals surface area contributed by atoms with Gasteiger partial charge in [-0.1, -0.05) is 6.07 Å². The fraction of sp³-hybridized carbons (Fsp3) is 0.458. The summed E-state index contributed by atoms with van der Waals surface area (Å²) in [6.07, 6.45) is -2.50. The molecule has 0 atom stereocenters. The van der Waals surface area contributed by atoms with Gasteiger partial charge < -0.3 is 9.64 Å². The lowest BCUT2D eigenvalue weighted by Crippen LogP contribution is -2.48. The van der Waals surface area contributed by atoms with Gasteiger partial charge in [0, 0.05) is 30.9 Å². The maximum absolute atomic E-state index is 14.2. The molecular formula is C24H26F4N2O4S. The second-order valence-electron chi connectivity index (χ2n) is 8.73. The normalized spacial score (nSPS) is 17.6. The van der Waals surface area contributed by atoms with E-state index >= 15 is 0 Å². The van der Waals surface area contributed by atoms with Crippen molar-refractivity contribution < 1.29 is 35.5 Å². The number of carbonyl (C=O) groups excluding carboxylic acids is 1. The van der Waals surface area contributed by atoms with Crippen LogP contribution in [0.3, 0.4) is 0 Å². The predicted octanol–water partition coefficient (Wildman–Crippen LogP) is 4.84. The Hall–Kier alpha value is -2.66. The number of piperidine rings is 1. The van der Waals surface area contributed by atoms with Crippen molar-refractivity contribution in [2.24, 2.45) is 0 Å². The maximum atomic E-state index is 14.2. The first-order valence-electron chi connectivity index (χ1n) is 11.4. The molecule has 0 spiro atoms. The zero-order valence-corrected chi connectivity index (χ0v) is 19.9. The van der Waals surface area contributed by atoms with Gasteiger partial charge in [-0.25, -0.2) is 17.6 Å². The Labute approximate surface area is 201 Å². The van der Waals surface area contributed by atoms with Crippen molar-refractivity contribution in [3.63, 3.8) is 0 Å². The van der Waals surface area contributed by atoms with E-state index in [0.29, 0.717) is 50.5 Å². The number of hydrogen-bond donors (Lipinski definition) is 0. The van der Waals surface area contributed by atoms with Crippen LogP contribution in [0.15, 0.2) is 47.4 Å². The highest BCUT2D eigenvalue weighted by molar-refractivity contribution is 7.89. The van der Waals surface area contributed by atoms with Crippen LogP contribution in [-0.4, -0.2) is 50.5 Å². The van der Waals surface area contributed by atoms with Gasteiger partial charge in [0.2, 0.25) is 10.0 Å². The summed E-state index contributed by atoms with van der Waals surface area (Å²) in [6, 6.07) is 7.15. The monoisotopic (exact) mass is 514 g/mol. The average molecular weight is 515 g/mol. The molecule has 1 saturated heterocycles. The molecule has 1 aliphatic heterocycles. The van der Waals surface area contributed by atoms with Crippen molar-refractivity contribution in [1.29, 1.82) is 0 Å². The molecule has 190 valence electrons. The lowest BCUT2D eigenvalue weighted by molar-refractivity contribution is -0.137. The van der Waals surface area contributed by atoms with Crippen LogP contribution in [0.25, 0.3) is 0 Å². The third-order valence-electron chi connectivity index (χ3n) is 6.23. The molecule has 2 aromatic rings. The Morgan fingerprint density at radius 2 is 1.71 bits per heavy atom. The van der Waals surface area contributed by atoms with Crippen LogP contribution >= 0.6 is 0 Å². The molecule has 11 heteroatoms. The number of benzene rings is 2. The van der Waals surface area contributed by atoms with Crippen molar-refractivity contribution >= 4 is 21.7 Å². The van der Waals surface area contributed by atoms with E-state index in [1.54, 1.807) is 13.0 Å². The quantitative estimate of drug-likeness (QED) is 0.391. The summed E-state index contributed by atoms with van der Waals surface area (Å²) in [4.78, 5) is 13.5. The number of sulfonamides is 1. The molecule has 35 heavy (non-hydrogen) atoms. The third kappa shape index (κ3) is 5.61. The second kappa shape index (κ2) is 9.77. The molecule has 0 bridgehead atoms. The number of carbonyl (C=O) groups is 1. The van der Waals surface area contributed by atoms with E-state index < -0.39 is 39.6 Å². The largest absolute Gasteiger partial charge is 0.462 e. The highest BCUT2D eigenvalue weighted by Gasteiger charge is 2.44. The van der Waals surface area contributed by atoms with E-state index in [1.807, 2.05) is 4.90 Å². The highest BCUT2D eigenvalue weighted by Crippen LogP contribution is 2.38. The Morgan fingerprint density at radius 1 is 1.06 bits per heavy atom. The SMILES string of the molecule is CCOC(=O)c1cc(F)cc(N2CCC(N(C3CC3)S(=O)(=O)c3cccc(C(F)(F)F)c3)CC2)c1. The summed E-state index contributed by atoms with van der Waals surface area (Å²) < 4.78 is 86.8. The van der Waals surface area contributed by atoms with E-state index in [0.717, 1.165) is 18.2 Å². The molecule has 1 aliphatic carbocycles. The summed E-state index contributed by atoms with van der Waals surface area (Å²) in [7, 11) is -4.14. The van der Waals surface area contributed by atoms with Gasteiger partial charge in [-0.3, -0.25) is 0 Å². The van der Waals surface area contributed by atoms with E-state index in [2.05, 4.69) is 0 Å². The second-order valence-corrected chi connectivity index (χ2v) is 10.6. The summed E-state index contributed by atoms with van der Waals surface area (Å²) in [6.45, 7) is 2.62. The van der Waals surface area contributed by atoms with Gasteiger partial charge in [0.15, 0.2) is 0 Å². The van der Waals surface area contributed by atoms with Crippen molar-refractivity contribution in [1.82, 2.24) is 4.31 Å². The summed E-state index contributed by atoms with van der Waals surface area (Å²) in [5.41, 5.74) is -0.423. The van der Waals surface area contributed by atoms with E-state index in [9.17, 15) is 30.8 Å². The number of esters is 1. The zero-order valence-electron chi connectivity index (χ0n) is 19.1. The Kier molecular flexibility index (Phi) is 7.10. The Morgan fingerprint density at radius 3 is 2.31 bits per heavy atom. The van der Waals surface area contributed by atoms with Crippen LogP contribution in [0, 0.1) is 5.82 Å². The summed E-state index contributed by atoms with van der Waals surface area (Å²) >= 11 is 0. The molecule has 1 heterocycles. The van der Waals surface area contributed by atoms with Crippen LogP contribution in [-0.2, 0) is 20.9 Å². The lowest BCUT2D eigenvalue weighted by Gasteiger charge is -2.39. The molecule has 0 unspecified atom stereocenters. The zero-order chi connectivity index (χ0) is 25.4. The van der Waals surface area contributed by atoms with Crippen molar-refractivity contribution in [2.75, 3.05) is 24.6 Å². The number of ether oxygens (including phenoxy) is 1. The maximum Gasteiger partial charge on any atom is 0.416 e. The summed E-state index contributed by atoms with van der Waals surface area (Å²) in [5.74, 6) is -1.21. The number of hydrogen-bond acceptors (Lipinski definition) is 5. The highest BCUT2D eigenvalue weighted by atomic mass is 32.2. The predicted molar refractivity (Wildman–Crippen MR) is 121 cm³/mol. The first-order chi connectivity index (χ1) is 16.5. The minimum absolute atomic E-state index is 0.0932. The standard InChI is InChI=1S/C24H26F4N2O4S/c1-2-34-23(31)16-12-18(25)15-21(13-16)29-10-8-20(9-11-29)30(19-6-7-19)35(32,33)22-5-3-4-17(14-22)24(26,27)28/h3-5,12-15,19-20H,2,6-11H2,1H3. The van der Waals surface area contributed by atoms with Crippen LogP contribution in [0.5, 0.6) is 0 Å². The van der Waals surface area contributed by atoms with Crippen LogP contribution in [0.2, 0.25) is 0 Å². The molecule has 1 saturated carbocycles. The van der Waals surface area contributed by atoms with Gasteiger partial charge in [0.25, 0.3) is 0 Å². The Balaban J connectivity index is 1.53. The van der Waals surface area contributed by atoms with Crippen LogP contribution in [0.1, 0.15) is 48.5 Å². The number of nitrogens with zero attached hydrogens (tertiary/aromatic N) is 2. The minimum atomic E-state index is -4.64. The summed E-state index contributed by atoms with van der Waals surface area (Å²) in [5, 5.41) is 0. The molecule has 4 rings (SSSR count). The molecule has 6 nitrogen and oxygen atoms in total. The van der Waals surface area contributed by atoms with Gasteiger partial charge >= 0.3 is 12.1 Å². The van der Waals surface area contributed by atoms with Crippen molar-refractivity contribution in [3.8, 4) is 0 Å². The van der Waals surface area contributed by atoms with Crippen molar-refractivity contribution in [3.05, 3.63) is 59.4 Å². The minimum Gasteiger partial charge on any atom is -0.462 e. The fourth-order valence-corrected chi connectivity index (χ4v) is 6.42. The molecule has 0 aromatic heterocycles. The lowest BCUT2D eigenvalue weighted by atomic mass is 10.0. The molecule has 2 fully saturated rings. The van der Waals surface area contributed by atoms with Crippen LogP contribution < -0.4 is 4.90 Å². The van der Waals surface area contributed by atoms with Gasteiger partial charge in [-0.05, 0) is 69.0 Å². The van der Waals surface area contributed by atoms with Crippen LogP contribution in [0.4, 0.5) is 23.2 Å². The number of anilines is 1. The molecule has 0 amide bonds. The molecule has 0 radical (unpaired) electrons. The van der Waals surface area contributed by atoms with Gasteiger partial charge in [0.1, 0.15) is 5.82 Å². The van der Waals surface area contributed by atoms with Gasteiger partial charge in [-0.2, -0.15) is 17.5 Å². The van der Waals surface area contributed by atoms with Crippen molar-refractivity contribution in [2.45, 2.75) is 55.8 Å². The molecule has 2 aliphatic rings. The first kappa shape index (κ1) is 25.4. The average Bonchev–Trinajstić information content (AvgIpc) is 3.64. The molecule has 2 aromatic carbocycles. The third-order valence-corrected chi connectivity index (χ3v) is 8.23. The molecular weight excluding hydrogens is 488 g/mol. The number of alkyl halides is 3. The smallest absolute Gasteiger partial charge is 0.416 e.